The van der Waals surface area contributed by atoms with E-state index in [0.717, 1.165) is 15.8 Å². The van der Waals surface area contributed by atoms with Crippen LogP contribution in [0.25, 0.3) is 10.2 Å². The van der Waals surface area contributed by atoms with Gasteiger partial charge in [0.2, 0.25) is 0 Å². The average molecular weight is 360 g/mol. The molecular weight excluding hydrogens is 344 g/mol. The van der Waals surface area contributed by atoms with E-state index >= 15 is 0 Å². The number of amides is 1. The fraction of sp³-hybridized carbons (Fsp3) is 0.176. The minimum absolute atomic E-state index is 0.176. The lowest BCUT2D eigenvalue weighted by atomic mass is 10.1. The molecule has 124 valence electrons. The van der Waals surface area contributed by atoms with Crippen molar-refractivity contribution in [2.75, 3.05) is 6.26 Å². The highest BCUT2D eigenvalue weighted by atomic mass is 32.2. The minimum atomic E-state index is -3.22. The predicted molar refractivity (Wildman–Crippen MR) is 95.1 cm³/mol. The smallest absolute Gasteiger partial charge is 0.251 e. The summed E-state index contributed by atoms with van der Waals surface area (Å²) in [6, 6.07) is 11.7. The SMILES string of the molecule is C[C@H](NC(=O)c1ccc2ncsc2c1)c1ccc(S(C)(=O)=O)cc1. The monoisotopic (exact) mass is 360 g/mol. The van der Waals surface area contributed by atoms with Crippen molar-refractivity contribution in [2.24, 2.45) is 0 Å². The predicted octanol–water partition coefficient (Wildman–Crippen LogP) is 3.19. The van der Waals surface area contributed by atoms with E-state index in [4.69, 9.17) is 0 Å². The molecule has 5 nitrogen and oxygen atoms in total. The van der Waals surface area contributed by atoms with Gasteiger partial charge in [-0.1, -0.05) is 12.1 Å². The van der Waals surface area contributed by atoms with E-state index in [1.54, 1.807) is 35.8 Å². The van der Waals surface area contributed by atoms with Gasteiger partial charge in [0.25, 0.3) is 5.91 Å². The van der Waals surface area contributed by atoms with Gasteiger partial charge in [0.05, 0.1) is 26.7 Å². The number of benzene rings is 2. The Morgan fingerprint density at radius 3 is 2.54 bits per heavy atom. The number of carbonyl (C=O) groups excluding carboxylic acids is 1. The molecule has 0 radical (unpaired) electrons. The molecule has 7 heteroatoms. The number of carbonyl (C=O) groups is 1. The number of rotatable bonds is 4. The van der Waals surface area contributed by atoms with Crippen molar-refractivity contribution < 1.29 is 13.2 Å². The van der Waals surface area contributed by atoms with Crippen molar-refractivity contribution in [2.45, 2.75) is 17.9 Å². The Morgan fingerprint density at radius 1 is 1.17 bits per heavy atom. The largest absolute Gasteiger partial charge is 0.346 e. The van der Waals surface area contributed by atoms with Gasteiger partial charge < -0.3 is 5.32 Å². The van der Waals surface area contributed by atoms with Crippen LogP contribution >= 0.6 is 11.3 Å². The second kappa shape index (κ2) is 6.33. The highest BCUT2D eigenvalue weighted by Gasteiger charge is 2.14. The van der Waals surface area contributed by atoms with Crippen molar-refractivity contribution in [3.63, 3.8) is 0 Å². The lowest BCUT2D eigenvalue weighted by Gasteiger charge is -2.15. The van der Waals surface area contributed by atoms with Gasteiger partial charge >= 0.3 is 0 Å². The van der Waals surface area contributed by atoms with Crippen LogP contribution in [-0.2, 0) is 9.84 Å². The molecule has 1 N–H and O–H groups in total. The molecule has 1 aromatic heterocycles. The fourth-order valence-electron chi connectivity index (χ4n) is 2.36. The Bertz CT molecular complexity index is 992. The summed E-state index contributed by atoms with van der Waals surface area (Å²) < 4.78 is 23.9. The summed E-state index contributed by atoms with van der Waals surface area (Å²) in [4.78, 5) is 16.9. The van der Waals surface area contributed by atoms with Gasteiger partial charge in [-0.25, -0.2) is 13.4 Å². The molecule has 3 aromatic rings. The molecule has 0 aliphatic carbocycles. The first-order chi connectivity index (χ1) is 11.3. The Morgan fingerprint density at radius 2 is 1.88 bits per heavy atom. The highest BCUT2D eigenvalue weighted by molar-refractivity contribution is 7.90. The molecule has 0 fully saturated rings. The normalized spacial score (nSPS) is 12.9. The van der Waals surface area contributed by atoms with Crippen LogP contribution in [0.2, 0.25) is 0 Å². The molecule has 1 atom stereocenters. The van der Waals surface area contributed by atoms with Gasteiger partial charge in [-0.15, -0.1) is 11.3 Å². The summed E-state index contributed by atoms with van der Waals surface area (Å²) in [5, 5.41) is 2.92. The van der Waals surface area contributed by atoms with Gasteiger partial charge in [-0.05, 0) is 42.8 Å². The van der Waals surface area contributed by atoms with Gasteiger partial charge in [0.1, 0.15) is 0 Å². The molecule has 2 aromatic carbocycles. The van der Waals surface area contributed by atoms with Crippen molar-refractivity contribution in [3.05, 3.63) is 59.1 Å². The van der Waals surface area contributed by atoms with Crippen LogP contribution in [0.4, 0.5) is 0 Å². The Hall–Kier alpha value is -2.25. The Kier molecular flexibility index (Phi) is 4.38. The van der Waals surface area contributed by atoms with Crippen molar-refractivity contribution in [1.82, 2.24) is 10.3 Å². The summed E-state index contributed by atoms with van der Waals surface area (Å²) >= 11 is 1.49. The van der Waals surface area contributed by atoms with E-state index in [2.05, 4.69) is 10.3 Å². The molecule has 0 aliphatic rings. The van der Waals surface area contributed by atoms with Gasteiger partial charge in [0, 0.05) is 11.8 Å². The van der Waals surface area contributed by atoms with Crippen molar-refractivity contribution >= 4 is 37.3 Å². The zero-order chi connectivity index (χ0) is 17.3. The molecule has 0 unspecified atom stereocenters. The zero-order valence-corrected chi connectivity index (χ0v) is 14.8. The Balaban J connectivity index is 1.75. The van der Waals surface area contributed by atoms with Crippen molar-refractivity contribution in [1.29, 1.82) is 0 Å². The van der Waals surface area contributed by atoms with Crippen LogP contribution in [0.5, 0.6) is 0 Å². The van der Waals surface area contributed by atoms with Crippen LogP contribution < -0.4 is 5.32 Å². The van der Waals surface area contributed by atoms with Crippen LogP contribution in [0.3, 0.4) is 0 Å². The number of nitrogens with zero attached hydrogens (tertiary/aromatic N) is 1. The van der Waals surface area contributed by atoms with Crippen LogP contribution in [0.1, 0.15) is 28.9 Å². The number of thiazole rings is 1. The maximum atomic E-state index is 12.4. The lowest BCUT2D eigenvalue weighted by Crippen LogP contribution is -2.26. The quantitative estimate of drug-likeness (QED) is 0.775. The van der Waals surface area contributed by atoms with E-state index in [1.165, 1.54) is 17.6 Å². The van der Waals surface area contributed by atoms with E-state index in [1.807, 2.05) is 19.1 Å². The third kappa shape index (κ3) is 3.47. The third-order valence-corrected chi connectivity index (χ3v) is 5.67. The molecular formula is C17H16N2O3S2. The molecule has 0 saturated heterocycles. The minimum Gasteiger partial charge on any atom is -0.346 e. The maximum Gasteiger partial charge on any atom is 0.251 e. The Labute approximate surface area is 144 Å². The second-order valence-electron chi connectivity index (χ2n) is 5.57. The van der Waals surface area contributed by atoms with Crippen LogP contribution in [0, 0.1) is 0 Å². The summed E-state index contributed by atoms with van der Waals surface area (Å²) in [6.45, 7) is 1.86. The molecule has 24 heavy (non-hydrogen) atoms. The number of hydrogen-bond acceptors (Lipinski definition) is 5. The molecule has 0 bridgehead atoms. The van der Waals surface area contributed by atoms with E-state index in [9.17, 15) is 13.2 Å². The topological polar surface area (TPSA) is 76.1 Å². The maximum absolute atomic E-state index is 12.4. The second-order valence-corrected chi connectivity index (χ2v) is 8.47. The number of sulfone groups is 1. The number of nitrogens with one attached hydrogen (secondary N) is 1. The average Bonchev–Trinajstić information content (AvgIpc) is 3.01. The first-order valence-electron chi connectivity index (χ1n) is 7.29. The first-order valence-corrected chi connectivity index (χ1v) is 10.1. The molecule has 1 amide bonds. The van der Waals surface area contributed by atoms with Gasteiger partial charge in [-0.2, -0.15) is 0 Å². The van der Waals surface area contributed by atoms with E-state index in [0.29, 0.717) is 5.56 Å². The third-order valence-electron chi connectivity index (χ3n) is 3.75. The molecule has 0 aliphatic heterocycles. The summed E-state index contributed by atoms with van der Waals surface area (Å²) in [5.41, 5.74) is 4.04. The van der Waals surface area contributed by atoms with Crippen molar-refractivity contribution in [3.8, 4) is 0 Å². The number of fused-ring (bicyclic) bond motifs is 1. The molecule has 1 heterocycles. The summed E-state index contributed by atoms with van der Waals surface area (Å²) in [6.07, 6.45) is 1.17. The van der Waals surface area contributed by atoms with E-state index < -0.39 is 9.84 Å². The number of aromatic nitrogens is 1. The lowest BCUT2D eigenvalue weighted by molar-refractivity contribution is 0.0940. The summed E-state index contributed by atoms with van der Waals surface area (Å²) in [7, 11) is -3.22. The standard InChI is InChI=1S/C17H16N2O3S2/c1-11(12-3-6-14(7-4-12)24(2,21)22)19-17(20)13-5-8-15-16(9-13)23-10-18-15/h3-11H,1-2H3,(H,19,20)/t11-/m0/s1. The van der Waals surface area contributed by atoms with Crippen LogP contribution in [-0.4, -0.2) is 25.6 Å². The first kappa shape index (κ1) is 16.6. The van der Waals surface area contributed by atoms with Gasteiger partial charge in [0.15, 0.2) is 9.84 Å². The van der Waals surface area contributed by atoms with E-state index in [-0.39, 0.29) is 16.8 Å². The van der Waals surface area contributed by atoms with Gasteiger partial charge in [-0.3, -0.25) is 4.79 Å². The highest BCUT2D eigenvalue weighted by Crippen LogP contribution is 2.20. The summed E-state index contributed by atoms with van der Waals surface area (Å²) in [5.74, 6) is -0.176. The zero-order valence-electron chi connectivity index (χ0n) is 13.2. The molecule has 3 rings (SSSR count). The fourth-order valence-corrected chi connectivity index (χ4v) is 3.71. The number of hydrogen-bond donors (Lipinski definition) is 1. The van der Waals surface area contributed by atoms with Crippen LogP contribution in [0.15, 0.2) is 52.9 Å². The molecule has 0 spiro atoms. The molecule has 0 saturated carbocycles.